The molecule has 3 saturated carbocycles. The molecule has 4 rings (SSSR count). The topological polar surface area (TPSA) is 20.2 Å². The quantitative estimate of drug-likeness (QED) is 0.457. The molecule has 170 valence electrons. The fraction of sp³-hybridized carbons (Fsp3) is 0.862. The molecule has 9 atom stereocenters. The van der Waals surface area contributed by atoms with Gasteiger partial charge in [-0.05, 0) is 110 Å². The van der Waals surface area contributed by atoms with Crippen molar-refractivity contribution in [2.75, 3.05) is 0 Å². The van der Waals surface area contributed by atoms with Crippen LogP contribution in [0.5, 0.6) is 0 Å². The van der Waals surface area contributed by atoms with E-state index in [-0.39, 0.29) is 6.10 Å². The summed E-state index contributed by atoms with van der Waals surface area (Å²) in [5.74, 6) is 5.70. The van der Waals surface area contributed by atoms with Gasteiger partial charge in [-0.25, -0.2) is 0 Å². The van der Waals surface area contributed by atoms with Crippen LogP contribution in [0.2, 0.25) is 0 Å². The molecule has 30 heavy (non-hydrogen) atoms. The van der Waals surface area contributed by atoms with Crippen molar-refractivity contribution >= 4 is 0 Å². The number of aliphatic hydroxyl groups excluding tert-OH is 1. The molecule has 0 amide bonds. The number of hydrogen-bond acceptors (Lipinski definition) is 1. The Labute approximate surface area is 186 Å². The third-order valence-electron chi connectivity index (χ3n) is 10.8. The first-order valence-corrected chi connectivity index (χ1v) is 13.3. The van der Waals surface area contributed by atoms with E-state index in [4.69, 9.17) is 0 Å². The van der Waals surface area contributed by atoms with E-state index in [0.29, 0.717) is 16.7 Å². The van der Waals surface area contributed by atoms with Gasteiger partial charge in [0.15, 0.2) is 0 Å². The predicted octanol–water partition coefficient (Wildman–Crippen LogP) is 7.80. The summed E-state index contributed by atoms with van der Waals surface area (Å²) in [6, 6.07) is 0. The average Bonchev–Trinajstić information content (AvgIpc) is 3.06. The smallest absolute Gasteiger partial charge is 0.0577 e. The van der Waals surface area contributed by atoms with Gasteiger partial charge in [-0.2, -0.15) is 0 Å². The van der Waals surface area contributed by atoms with Gasteiger partial charge < -0.3 is 5.11 Å². The number of aliphatic hydroxyl groups is 1. The van der Waals surface area contributed by atoms with Crippen molar-refractivity contribution in [3.05, 3.63) is 23.8 Å². The van der Waals surface area contributed by atoms with Gasteiger partial charge in [-0.1, -0.05) is 65.3 Å². The van der Waals surface area contributed by atoms with Crippen LogP contribution in [0.15, 0.2) is 23.8 Å². The monoisotopic (exact) mass is 412 g/mol. The second kappa shape index (κ2) is 8.42. The van der Waals surface area contributed by atoms with E-state index in [0.717, 1.165) is 48.3 Å². The summed E-state index contributed by atoms with van der Waals surface area (Å²) < 4.78 is 0. The Bertz CT molecular complexity index is 674. The molecule has 0 aromatic rings. The predicted molar refractivity (Wildman–Crippen MR) is 128 cm³/mol. The van der Waals surface area contributed by atoms with E-state index >= 15 is 0 Å². The Kier molecular flexibility index (Phi) is 6.35. The standard InChI is InChI=1S/C29H48O/c1-7-21(19(2)3)9-8-20(4)25-12-13-26-24-11-10-22-18-23(30)14-16-28(22,5)27(24)15-17-29(25,26)6/h8-10,19-21,23-27,30H,7,11-18H2,1-6H3/b9-8+/t20?,21-,23?,24?,25-,26?,27?,28?,29?/m0/s1. The lowest BCUT2D eigenvalue weighted by Gasteiger charge is -2.58. The lowest BCUT2D eigenvalue weighted by atomic mass is 9.47. The van der Waals surface area contributed by atoms with Crippen LogP contribution in [-0.4, -0.2) is 11.2 Å². The highest BCUT2D eigenvalue weighted by Gasteiger charge is 2.58. The average molecular weight is 413 g/mol. The highest BCUT2D eigenvalue weighted by atomic mass is 16.3. The van der Waals surface area contributed by atoms with Crippen LogP contribution in [0.4, 0.5) is 0 Å². The van der Waals surface area contributed by atoms with Crippen LogP contribution in [0.25, 0.3) is 0 Å². The highest BCUT2D eigenvalue weighted by Crippen LogP contribution is 2.67. The molecule has 0 radical (unpaired) electrons. The van der Waals surface area contributed by atoms with Gasteiger partial charge in [0.1, 0.15) is 0 Å². The summed E-state index contributed by atoms with van der Waals surface area (Å²) in [5.41, 5.74) is 2.51. The second-order valence-electron chi connectivity index (χ2n) is 12.4. The molecule has 7 unspecified atom stereocenters. The molecule has 1 N–H and O–H groups in total. The van der Waals surface area contributed by atoms with Crippen molar-refractivity contribution in [1.82, 2.24) is 0 Å². The highest BCUT2D eigenvalue weighted by molar-refractivity contribution is 5.25. The normalized spacial score (nSPS) is 45.6. The summed E-state index contributed by atoms with van der Waals surface area (Å²) in [5, 5.41) is 10.2. The zero-order valence-corrected chi connectivity index (χ0v) is 20.7. The van der Waals surface area contributed by atoms with Gasteiger partial charge >= 0.3 is 0 Å². The second-order valence-corrected chi connectivity index (χ2v) is 12.4. The lowest BCUT2D eigenvalue weighted by molar-refractivity contribution is -0.0540. The van der Waals surface area contributed by atoms with Crippen molar-refractivity contribution in [2.45, 2.75) is 105 Å². The zero-order chi connectivity index (χ0) is 21.7. The maximum atomic E-state index is 10.2. The molecule has 1 nitrogen and oxygen atoms in total. The molecule has 1 heteroatoms. The van der Waals surface area contributed by atoms with Gasteiger partial charge in [-0.15, -0.1) is 0 Å². The van der Waals surface area contributed by atoms with Crippen LogP contribution in [0.3, 0.4) is 0 Å². The first-order valence-electron chi connectivity index (χ1n) is 13.3. The van der Waals surface area contributed by atoms with Crippen LogP contribution < -0.4 is 0 Å². The number of hydrogen-bond donors (Lipinski definition) is 1. The fourth-order valence-electron chi connectivity index (χ4n) is 8.83. The van der Waals surface area contributed by atoms with Crippen molar-refractivity contribution in [3.8, 4) is 0 Å². The maximum absolute atomic E-state index is 10.2. The zero-order valence-electron chi connectivity index (χ0n) is 20.7. The van der Waals surface area contributed by atoms with Crippen LogP contribution in [0.1, 0.15) is 99.3 Å². The molecule has 0 saturated heterocycles. The minimum atomic E-state index is -0.0870. The van der Waals surface area contributed by atoms with E-state index in [1.54, 1.807) is 5.57 Å². The minimum absolute atomic E-state index is 0.0870. The molecule has 0 aliphatic heterocycles. The molecule has 0 heterocycles. The molecule has 4 aliphatic rings. The SMILES string of the molecule is CC[C@@H](/C=C/C(C)[C@@H]1CCC2C3CC=C4CC(O)CCC4(C)C3CCC21C)C(C)C. The third kappa shape index (κ3) is 3.66. The van der Waals surface area contributed by atoms with Crippen molar-refractivity contribution in [2.24, 2.45) is 52.3 Å². The summed E-state index contributed by atoms with van der Waals surface area (Å²) in [6.45, 7) is 14.8. The Balaban J connectivity index is 1.52. The van der Waals surface area contributed by atoms with E-state index in [2.05, 4.69) is 59.8 Å². The largest absolute Gasteiger partial charge is 0.393 e. The van der Waals surface area contributed by atoms with Gasteiger partial charge in [0.2, 0.25) is 0 Å². The van der Waals surface area contributed by atoms with E-state index in [1.165, 1.54) is 44.9 Å². The lowest BCUT2D eigenvalue weighted by Crippen LogP contribution is -2.50. The van der Waals surface area contributed by atoms with Crippen LogP contribution in [-0.2, 0) is 0 Å². The molecule has 0 spiro atoms. The summed E-state index contributed by atoms with van der Waals surface area (Å²) in [6.07, 6.45) is 19.1. The van der Waals surface area contributed by atoms with Gasteiger partial charge in [0.05, 0.1) is 6.10 Å². The Morgan fingerprint density at radius 3 is 2.50 bits per heavy atom. The van der Waals surface area contributed by atoms with E-state index in [9.17, 15) is 5.11 Å². The molecular formula is C29H48O. The molecule has 0 aromatic carbocycles. The molecule has 0 aromatic heterocycles. The van der Waals surface area contributed by atoms with Gasteiger partial charge in [-0.3, -0.25) is 0 Å². The molecular weight excluding hydrogens is 364 g/mol. The minimum Gasteiger partial charge on any atom is -0.393 e. The first-order chi connectivity index (χ1) is 14.2. The van der Waals surface area contributed by atoms with Crippen molar-refractivity contribution in [3.63, 3.8) is 0 Å². The Hall–Kier alpha value is -0.560. The summed E-state index contributed by atoms with van der Waals surface area (Å²) >= 11 is 0. The number of rotatable bonds is 5. The van der Waals surface area contributed by atoms with Crippen molar-refractivity contribution in [1.29, 1.82) is 0 Å². The molecule has 3 fully saturated rings. The Morgan fingerprint density at radius 2 is 1.80 bits per heavy atom. The molecule has 0 bridgehead atoms. The van der Waals surface area contributed by atoms with Gasteiger partial charge in [0, 0.05) is 0 Å². The fourth-order valence-corrected chi connectivity index (χ4v) is 8.83. The van der Waals surface area contributed by atoms with E-state index < -0.39 is 0 Å². The summed E-state index contributed by atoms with van der Waals surface area (Å²) in [4.78, 5) is 0. The maximum Gasteiger partial charge on any atom is 0.0577 e. The third-order valence-corrected chi connectivity index (χ3v) is 10.8. The van der Waals surface area contributed by atoms with E-state index in [1.807, 2.05) is 0 Å². The van der Waals surface area contributed by atoms with Crippen molar-refractivity contribution < 1.29 is 5.11 Å². The summed E-state index contributed by atoms with van der Waals surface area (Å²) in [7, 11) is 0. The molecule has 4 aliphatic carbocycles. The number of allylic oxidation sites excluding steroid dienone is 3. The first kappa shape index (κ1) is 22.6. The number of fused-ring (bicyclic) bond motifs is 5. The van der Waals surface area contributed by atoms with Crippen LogP contribution >= 0.6 is 0 Å². The van der Waals surface area contributed by atoms with Crippen LogP contribution in [0, 0.1) is 52.3 Å². The van der Waals surface area contributed by atoms with Gasteiger partial charge in [0.25, 0.3) is 0 Å². The Morgan fingerprint density at radius 1 is 1.03 bits per heavy atom.